The molecule has 88 valence electrons. The quantitative estimate of drug-likeness (QED) is 0.844. The van der Waals surface area contributed by atoms with Crippen LogP contribution >= 0.6 is 11.8 Å². The minimum Gasteiger partial charge on any atom is -0.389 e. The lowest BCUT2D eigenvalue weighted by atomic mass is 10.2. The van der Waals surface area contributed by atoms with Crippen LogP contribution in [0.15, 0.2) is 40.8 Å². The molecule has 2 aromatic rings. The van der Waals surface area contributed by atoms with Crippen LogP contribution in [-0.2, 0) is 0 Å². The number of nitrogens with zero attached hydrogens (tertiary/aromatic N) is 3. The fourth-order valence-corrected chi connectivity index (χ4v) is 2.11. The summed E-state index contributed by atoms with van der Waals surface area (Å²) in [4.78, 5) is 12.7. The first-order valence-electron chi connectivity index (χ1n) is 5.26. The Morgan fingerprint density at radius 1 is 1.24 bits per heavy atom. The van der Waals surface area contributed by atoms with Crippen molar-refractivity contribution in [1.82, 2.24) is 15.0 Å². The predicted octanol–water partition coefficient (Wildman–Crippen LogP) is 2.38. The lowest BCUT2D eigenvalue weighted by Crippen LogP contribution is -1.93. The molecule has 0 spiro atoms. The molecule has 17 heavy (non-hydrogen) atoms. The van der Waals surface area contributed by atoms with Crippen molar-refractivity contribution in [3.63, 3.8) is 0 Å². The number of aromatic nitrogens is 3. The van der Waals surface area contributed by atoms with Crippen molar-refractivity contribution in [3.05, 3.63) is 41.9 Å². The third kappa shape index (κ3) is 3.25. The van der Waals surface area contributed by atoms with Gasteiger partial charge in [0.2, 0.25) is 0 Å². The SMILES string of the molecule is Cc1ccnc(Sc2cc(C(C)O)ccn2)n1. The van der Waals surface area contributed by atoms with E-state index >= 15 is 0 Å². The molecule has 0 amide bonds. The molecule has 1 atom stereocenters. The average molecular weight is 247 g/mol. The summed E-state index contributed by atoms with van der Waals surface area (Å²) in [5.41, 5.74) is 1.77. The van der Waals surface area contributed by atoms with E-state index < -0.39 is 6.10 Å². The van der Waals surface area contributed by atoms with E-state index in [9.17, 15) is 5.11 Å². The third-order valence-corrected chi connectivity index (χ3v) is 3.02. The molecule has 0 fully saturated rings. The second-order valence-corrected chi connectivity index (χ2v) is 4.67. The Morgan fingerprint density at radius 3 is 2.71 bits per heavy atom. The van der Waals surface area contributed by atoms with Crippen LogP contribution in [0.1, 0.15) is 24.3 Å². The van der Waals surface area contributed by atoms with Gasteiger partial charge in [0.15, 0.2) is 5.16 Å². The Kier molecular flexibility index (Phi) is 3.71. The number of rotatable bonds is 3. The maximum absolute atomic E-state index is 9.49. The molecule has 2 rings (SSSR count). The van der Waals surface area contributed by atoms with Gasteiger partial charge in [-0.1, -0.05) is 0 Å². The molecule has 0 bridgehead atoms. The molecule has 0 saturated carbocycles. The zero-order valence-corrected chi connectivity index (χ0v) is 10.5. The van der Waals surface area contributed by atoms with Gasteiger partial charge >= 0.3 is 0 Å². The highest BCUT2D eigenvalue weighted by atomic mass is 32.2. The molecular formula is C12H13N3OS. The molecule has 0 radical (unpaired) electrons. The summed E-state index contributed by atoms with van der Waals surface area (Å²) in [6.45, 7) is 3.65. The highest BCUT2D eigenvalue weighted by Crippen LogP contribution is 2.24. The van der Waals surface area contributed by atoms with Crippen LogP contribution in [0.4, 0.5) is 0 Å². The monoisotopic (exact) mass is 247 g/mol. The first-order valence-corrected chi connectivity index (χ1v) is 6.08. The Hall–Kier alpha value is -1.46. The standard InChI is InChI=1S/C12H13N3OS/c1-8-3-5-14-12(15-8)17-11-7-10(9(2)16)4-6-13-11/h3-7,9,16H,1-2H3. The van der Waals surface area contributed by atoms with Crippen molar-refractivity contribution < 1.29 is 5.11 Å². The lowest BCUT2D eigenvalue weighted by molar-refractivity contribution is 0.199. The maximum Gasteiger partial charge on any atom is 0.194 e. The van der Waals surface area contributed by atoms with Gasteiger partial charge in [0.1, 0.15) is 5.03 Å². The molecule has 1 unspecified atom stereocenters. The lowest BCUT2D eigenvalue weighted by Gasteiger charge is -2.05. The van der Waals surface area contributed by atoms with Crippen molar-refractivity contribution >= 4 is 11.8 Å². The van der Waals surface area contributed by atoms with Crippen LogP contribution < -0.4 is 0 Å². The predicted molar refractivity (Wildman–Crippen MR) is 65.8 cm³/mol. The van der Waals surface area contributed by atoms with E-state index in [1.807, 2.05) is 19.1 Å². The van der Waals surface area contributed by atoms with Gasteiger partial charge < -0.3 is 5.11 Å². The Bertz CT molecular complexity index is 517. The van der Waals surface area contributed by atoms with Crippen LogP contribution in [0.5, 0.6) is 0 Å². The van der Waals surface area contributed by atoms with Crippen LogP contribution in [0.2, 0.25) is 0 Å². The summed E-state index contributed by atoms with van der Waals surface area (Å²) in [6, 6.07) is 5.50. The maximum atomic E-state index is 9.49. The number of aliphatic hydroxyl groups is 1. The summed E-state index contributed by atoms with van der Waals surface area (Å²) >= 11 is 1.39. The van der Waals surface area contributed by atoms with E-state index in [4.69, 9.17) is 0 Å². The number of aryl methyl sites for hydroxylation is 1. The zero-order chi connectivity index (χ0) is 12.3. The highest BCUT2D eigenvalue weighted by molar-refractivity contribution is 7.99. The topological polar surface area (TPSA) is 58.9 Å². The fraction of sp³-hybridized carbons (Fsp3) is 0.250. The highest BCUT2D eigenvalue weighted by Gasteiger charge is 2.05. The van der Waals surface area contributed by atoms with Crippen molar-refractivity contribution in [1.29, 1.82) is 0 Å². The molecule has 1 N–H and O–H groups in total. The third-order valence-electron chi connectivity index (χ3n) is 2.21. The first kappa shape index (κ1) is 12.0. The van der Waals surface area contributed by atoms with E-state index in [1.54, 1.807) is 25.4 Å². The summed E-state index contributed by atoms with van der Waals surface area (Å²) in [5.74, 6) is 0. The molecule has 2 heterocycles. The van der Waals surface area contributed by atoms with Crippen LogP contribution in [0.3, 0.4) is 0 Å². The Labute approximate surface area is 104 Å². The van der Waals surface area contributed by atoms with Gasteiger partial charge in [-0.3, -0.25) is 0 Å². The zero-order valence-electron chi connectivity index (χ0n) is 9.66. The average Bonchev–Trinajstić information content (AvgIpc) is 2.29. The summed E-state index contributed by atoms with van der Waals surface area (Å²) in [5, 5.41) is 10.9. The Morgan fingerprint density at radius 2 is 2.00 bits per heavy atom. The second-order valence-electron chi connectivity index (χ2n) is 3.69. The van der Waals surface area contributed by atoms with E-state index in [1.165, 1.54) is 11.8 Å². The minimum atomic E-state index is -0.490. The molecule has 5 heteroatoms. The van der Waals surface area contributed by atoms with Crippen LogP contribution in [0.25, 0.3) is 0 Å². The van der Waals surface area contributed by atoms with Crippen molar-refractivity contribution in [2.24, 2.45) is 0 Å². The van der Waals surface area contributed by atoms with Gasteiger partial charge in [-0.05, 0) is 49.4 Å². The van der Waals surface area contributed by atoms with Crippen molar-refractivity contribution in [3.8, 4) is 0 Å². The van der Waals surface area contributed by atoms with Crippen LogP contribution in [-0.4, -0.2) is 20.1 Å². The van der Waals surface area contributed by atoms with Crippen molar-refractivity contribution in [2.45, 2.75) is 30.1 Å². The smallest absolute Gasteiger partial charge is 0.194 e. The Balaban J connectivity index is 2.21. The number of hydrogen-bond acceptors (Lipinski definition) is 5. The van der Waals surface area contributed by atoms with Gasteiger partial charge in [-0.2, -0.15) is 0 Å². The van der Waals surface area contributed by atoms with Gasteiger partial charge in [0, 0.05) is 18.1 Å². The van der Waals surface area contributed by atoms with Gasteiger partial charge in [0.25, 0.3) is 0 Å². The molecule has 0 aliphatic carbocycles. The molecule has 0 aliphatic rings. The first-order chi connectivity index (χ1) is 8.15. The van der Waals surface area contributed by atoms with E-state index in [0.29, 0.717) is 5.16 Å². The summed E-state index contributed by atoms with van der Waals surface area (Å²) in [6.07, 6.45) is 2.92. The fourth-order valence-electron chi connectivity index (χ4n) is 1.31. The van der Waals surface area contributed by atoms with Gasteiger partial charge in [-0.15, -0.1) is 0 Å². The minimum absolute atomic E-state index is 0.490. The molecule has 0 aliphatic heterocycles. The number of hydrogen-bond donors (Lipinski definition) is 1. The largest absolute Gasteiger partial charge is 0.389 e. The van der Waals surface area contributed by atoms with E-state index in [2.05, 4.69) is 15.0 Å². The number of aliphatic hydroxyl groups excluding tert-OH is 1. The normalized spacial score (nSPS) is 12.4. The summed E-state index contributed by atoms with van der Waals surface area (Å²) in [7, 11) is 0. The molecular weight excluding hydrogens is 234 g/mol. The van der Waals surface area contributed by atoms with Crippen molar-refractivity contribution in [2.75, 3.05) is 0 Å². The summed E-state index contributed by atoms with van der Waals surface area (Å²) < 4.78 is 0. The van der Waals surface area contributed by atoms with E-state index in [-0.39, 0.29) is 0 Å². The molecule has 0 aromatic carbocycles. The van der Waals surface area contributed by atoms with E-state index in [0.717, 1.165) is 16.3 Å². The second kappa shape index (κ2) is 5.25. The molecule has 0 saturated heterocycles. The van der Waals surface area contributed by atoms with Gasteiger partial charge in [-0.25, -0.2) is 15.0 Å². The molecule has 2 aromatic heterocycles. The van der Waals surface area contributed by atoms with Gasteiger partial charge in [0.05, 0.1) is 6.10 Å². The number of pyridine rings is 1. The molecule has 4 nitrogen and oxygen atoms in total. The van der Waals surface area contributed by atoms with Crippen LogP contribution in [0, 0.1) is 6.92 Å².